The molecule has 0 unspecified atom stereocenters. The summed E-state index contributed by atoms with van der Waals surface area (Å²) in [6.45, 7) is 11.4. The van der Waals surface area contributed by atoms with E-state index < -0.39 is 6.10 Å². The molecule has 0 aliphatic rings. The van der Waals surface area contributed by atoms with Gasteiger partial charge in [-0.05, 0) is 31.1 Å². The van der Waals surface area contributed by atoms with Gasteiger partial charge in [-0.25, -0.2) is 0 Å². The Hall–Kier alpha value is -1.59. The average molecular weight is 863 g/mol. The fraction of sp³-hybridized carbons (Fsp3) is 0.945. The summed E-state index contributed by atoms with van der Waals surface area (Å²) in [5.74, 6) is 0.807. The molecule has 0 fully saturated rings. The van der Waals surface area contributed by atoms with E-state index in [0.29, 0.717) is 19.3 Å². The Labute approximate surface area is 380 Å². The summed E-state index contributed by atoms with van der Waals surface area (Å²) in [5, 5.41) is 0. The number of rotatable bonds is 49. The topological polar surface area (TPSA) is 78.9 Å². The van der Waals surface area contributed by atoms with Crippen molar-refractivity contribution in [2.75, 3.05) is 13.2 Å². The molecule has 0 radical (unpaired) electrons. The zero-order chi connectivity index (χ0) is 44.7. The molecular weight excluding hydrogens is 757 g/mol. The van der Waals surface area contributed by atoms with Crippen molar-refractivity contribution in [1.82, 2.24) is 0 Å². The number of hydrogen-bond donors (Lipinski definition) is 0. The van der Waals surface area contributed by atoms with E-state index in [0.717, 1.165) is 69.6 Å². The van der Waals surface area contributed by atoms with Crippen molar-refractivity contribution in [3.63, 3.8) is 0 Å². The summed E-state index contributed by atoms with van der Waals surface area (Å²) < 4.78 is 16.8. The zero-order valence-electron chi connectivity index (χ0n) is 41.8. The lowest BCUT2D eigenvalue weighted by molar-refractivity contribution is -0.167. The van der Waals surface area contributed by atoms with E-state index in [1.165, 1.54) is 193 Å². The first-order valence-corrected chi connectivity index (χ1v) is 27.2. The number of ether oxygens (including phenoxy) is 3. The van der Waals surface area contributed by atoms with E-state index in [1.807, 2.05) is 0 Å². The first kappa shape index (κ1) is 59.4. The Morgan fingerprint density at radius 3 is 0.803 bits per heavy atom. The highest BCUT2D eigenvalue weighted by Crippen LogP contribution is 2.18. The highest BCUT2D eigenvalue weighted by Gasteiger charge is 2.19. The van der Waals surface area contributed by atoms with E-state index in [9.17, 15) is 14.4 Å². The summed E-state index contributed by atoms with van der Waals surface area (Å²) in [7, 11) is 0. The Morgan fingerprint density at radius 2 is 0.541 bits per heavy atom. The van der Waals surface area contributed by atoms with Gasteiger partial charge in [0, 0.05) is 19.3 Å². The van der Waals surface area contributed by atoms with Crippen LogP contribution in [0.15, 0.2) is 0 Å². The number of hydrogen-bond acceptors (Lipinski definition) is 6. The molecule has 0 spiro atoms. The van der Waals surface area contributed by atoms with Gasteiger partial charge in [0.1, 0.15) is 13.2 Å². The van der Waals surface area contributed by atoms with Gasteiger partial charge < -0.3 is 14.2 Å². The van der Waals surface area contributed by atoms with Gasteiger partial charge in [0.2, 0.25) is 0 Å². The third-order valence-electron chi connectivity index (χ3n) is 12.5. The van der Waals surface area contributed by atoms with Gasteiger partial charge >= 0.3 is 17.9 Å². The third-order valence-corrected chi connectivity index (χ3v) is 12.5. The predicted molar refractivity (Wildman–Crippen MR) is 261 cm³/mol. The van der Waals surface area contributed by atoms with Crippen LogP contribution in [0.4, 0.5) is 0 Å². The van der Waals surface area contributed by atoms with Crippen LogP contribution in [0.5, 0.6) is 0 Å². The summed E-state index contributed by atoms with van der Waals surface area (Å²) in [4.78, 5) is 38.0. The molecule has 0 aliphatic carbocycles. The zero-order valence-corrected chi connectivity index (χ0v) is 41.8. The molecular formula is C55H106O6. The molecule has 6 heteroatoms. The maximum absolute atomic E-state index is 12.8. The largest absolute Gasteiger partial charge is 0.462 e. The number of esters is 3. The van der Waals surface area contributed by atoms with Crippen LogP contribution in [-0.4, -0.2) is 37.2 Å². The molecule has 1 atom stereocenters. The summed E-state index contributed by atoms with van der Waals surface area (Å²) in [6, 6.07) is 0. The van der Waals surface area contributed by atoms with Crippen LogP contribution in [0.25, 0.3) is 0 Å². The molecule has 0 heterocycles. The fourth-order valence-electron chi connectivity index (χ4n) is 8.34. The first-order valence-electron chi connectivity index (χ1n) is 27.2. The van der Waals surface area contributed by atoms with Gasteiger partial charge in [-0.1, -0.05) is 266 Å². The molecule has 0 rings (SSSR count). The van der Waals surface area contributed by atoms with Gasteiger partial charge in [-0.3, -0.25) is 14.4 Å². The molecule has 0 aromatic heterocycles. The van der Waals surface area contributed by atoms with Crippen molar-refractivity contribution in [2.45, 2.75) is 310 Å². The molecule has 362 valence electrons. The Kier molecular flexibility index (Phi) is 46.6. The molecule has 0 aromatic rings. The van der Waals surface area contributed by atoms with Crippen molar-refractivity contribution in [1.29, 1.82) is 0 Å². The summed E-state index contributed by atoms with van der Waals surface area (Å²) in [6.07, 6.45) is 49.5. The maximum atomic E-state index is 12.8. The lowest BCUT2D eigenvalue weighted by atomic mass is 10.0. The maximum Gasteiger partial charge on any atom is 0.306 e. The van der Waals surface area contributed by atoms with Crippen LogP contribution in [0, 0.1) is 11.8 Å². The van der Waals surface area contributed by atoms with Crippen molar-refractivity contribution in [3.8, 4) is 0 Å². The minimum Gasteiger partial charge on any atom is -0.462 e. The van der Waals surface area contributed by atoms with Crippen LogP contribution in [0.3, 0.4) is 0 Å². The quantitative estimate of drug-likeness (QED) is 0.0344. The molecule has 0 aromatic carbocycles. The minimum atomic E-state index is -0.762. The van der Waals surface area contributed by atoms with Crippen LogP contribution < -0.4 is 0 Å². The van der Waals surface area contributed by atoms with Crippen LogP contribution >= 0.6 is 0 Å². The van der Waals surface area contributed by atoms with E-state index in [4.69, 9.17) is 14.2 Å². The Morgan fingerprint density at radius 1 is 0.311 bits per heavy atom. The summed E-state index contributed by atoms with van der Waals surface area (Å²) in [5.41, 5.74) is 0. The molecule has 0 N–H and O–H groups in total. The molecule has 61 heavy (non-hydrogen) atoms. The Bertz CT molecular complexity index is 931. The van der Waals surface area contributed by atoms with Crippen LogP contribution in [0.1, 0.15) is 304 Å². The van der Waals surface area contributed by atoms with Crippen molar-refractivity contribution in [3.05, 3.63) is 0 Å². The number of carbonyl (C=O) groups excluding carboxylic acids is 3. The van der Waals surface area contributed by atoms with Gasteiger partial charge in [0.05, 0.1) is 0 Å². The molecule has 6 nitrogen and oxygen atoms in total. The number of carbonyl (C=O) groups is 3. The second kappa shape index (κ2) is 47.9. The number of unbranched alkanes of at least 4 members (excludes halogenated alkanes) is 34. The minimum absolute atomic E-state index is 0.0633. The second-order valence-corrected chi connectivity index (χ2v) is 19.8. The standard InChI is InChI=1S/C55H106O6/c1-6-7-8-9-10-11-12-13-17-20-25-30-35-40-45-53(56)59-48-52(49-60-54(57)46-41-36-31-27-22-24-29-34-39-44-51(4)5)61-55(58)47-42-37-32-26-21-18-15-14-16-19-23-28-33-38-43-50(2)3/h50-52H,6-49H2,1-5H3/t52-/m1/s1. The molecule has 0 saturated carbocycles. The fourth-order valence-corrected chi connectivity index (χ4v) is 8.34. The normalized spacial score (nSPS) is 12.0. The molecule has 0 amide bonds. The highest BCUT2D eigenvalue weighted by molar-refractivity contribution is 5.71. The van der Waals surface area contributed by atoms with E-state index in [1.54, 1.807) is 0 Å². The van der Waals surface area contributed by atoms with E-state index in [2.05, 4.69) is 34.6 Å². The van der Waals surface area contributed by atoms with Gasteiger partial charge in [0.25, 0.3) is 0 Å². The van der Waals surface area contributed by atoms with Gasteiger partial charge in [-0.15, -0.1) is 0 Å². The molecule has 0 bridgehead atoms. The van der Waals surface area contributed by atoms with Crippen LogP contribution in [-0.2, 0) is 28.6 Å². The van der Waals surface area contributed by atoms with Crippen molar-refractivity contribution >= 4 is 17.9 Å². The van der Waals surface area contributed by atoms with Crippen molar-refractivity contribution < 1.29 is 28.6 Å². The second-order valence-electron chi connectivity index (χ2n) is 19.8. The van der Waals surface area contributed by atoms with Gasteiger partial charge in [-0.2, -0.15) is 0 Å². The summed E-state index contributed by atoms with van der Waals surface area (Å²) >= 11 is 0. The third kappa shape index (κ3) is 49.3. The smallest absolute Gasteiger partial charge is 0.306 e. The monoisotopic (exact) mass is 863 g/mol. The van der Waals surface area contributed by atoms with Gasteiger partial charge in [0.15, 0.2) is 6.10 Å². The molecule has 0 aliphatic heterocycles. The van der Waals surface area contributed by atoms with Crippen LogP contribution in [0.2, 0.25) is 0 Å². The Balaban J connectivity index is 4.30. The molecule has 0 saturated heterocycles. The first-order chi connectivity index (χ1) is 29.7. The predicted octanol–water partition coefficient (Wildman–Crippen LogP) is 17.7. The highest BCUT2D eigenvalue weighted by atomic mass is 16.6. The lowest BCUT2D eigenvalue weighted by Crippen LogP contribution is -2.30. The van der Waals surface area contributed by atoms with E-state index >= 15 is 0 Å². The van der Waals surface area contributed by atoms with Crippen molar-refractivity contribution in [2.24, 2.45) is 11.8 Å². The SMILES string of the molecule is CCCCCCCCCCCCCCCCC(=O)OC[C@H](COC(=O)CCCCCCCCCCCC(C)C)OC(=O)CCCCCCCCCCCCCCCCC(C)C. The average Bonchev–Trinajstić information content (AvgIpc) is 3.23. The lowest BCUT2D eigenvalue weighted by Gasteiger charge is -2.18. The van der Waals surface area contributed by atoms with E-state index in [-0.39, 0.29) is 31.1 Å².